The van der Waals surface area contributed by atoms with Crippen LogP contribution in [0.1, 0.15) is 19.2 Å². The minimum atomic E-state index is -0.579. The lowest BCUT2D eigenvalue weighted by molar-refractivity contribution is -0.116. The first kappa shape index (κ1) is 17.7. The highest BCUT2D eigenvalue weighted by molar-refractivity contribution is 7.13. The fourth-order valence-electron chi connectivity index (χ4n) is 2.19. The van der Waals surface area contributed by atoms with E-state index >= 15 is 0 Å². The van der Waals surface area contributed by atoms with Crippen LogP contribution in [0.2, 0.25) is 0 Å². The minimum Gasteiger partial charge on any atom is -0.339 e. The molecule has 0 atom stereocenters. The molecule has 0 radical (unpaired) electrons. The molecule has 2 heterocycles. The third-order valence-corrected chi connectivity index (χ3v) is 4.20. The van der Waals surface area contributed by atoms with Crippen LogP contribution < -0.4 is 10.6 Å². The molecular weight excluding hydrogens is 359 g/mol. The van der Waals surface area contributed by atoms with Gasteiger partial charge in [-0.3, -0.25) is 9.59 Å². The topological polar surface area (TPSA) is 97.1 Å². The average Bonchev–Trinajstić information content (AvgIpc) is 3.26. The highest BCUT2D eigenvalue weighted by Crippen LogP contribution is 2.22. The molecule has 0 aliphatic rings. The summed E-state index contributed by atoms with van der Waals surface area (Å²) in [6.07, 6.45) is 0.406. The summed E-state index contributed by atoms with van der Waals surface area (Å²) in [5.74, 6) is -0.410. The number of rotatable bonds is 6. The van der Waals surface area contributed by atoms with Crippen molar-refractivity contribution in [3.8, 4) is 10.7 Å². The van der Waals surface area contributed by atoms with Crippen molar-refractivity contribution in [2.45, 2.75) is 19.8 Å². The van der Waals surface area contributed by atoms with E-state index in [0.717, 1.165) is 4.88 Å². The van der Waals surface area contributed by atoms with Crippen LogP contribution in [0, 0.1) is 5.82 Å². The SMILES string of the molecule is CC(=O)Nc1cc(NC(=O)CCc2nc(-c3cccs3)no2)ccc1F. The summed E-state index contributed by atoms with van der Waals surface area (Å²) < 4.78 is 18.7. The highest BCUT2D eigenvalue weighted by Gasteiger charge is 2.12. The summed E-state index contributed by atoms with van der Waals surface area (Å²) in [7, 11) is 0. The molecule has 26 heavy (non-hydrogen) atoms. The van der Waals surface area contributed by atoms with Gasteiger partial charge in [0.2, 0.25) is 23.5 Å². The highest BCUT2D eigenvalue weighted by atomic mass is 32.1. The Morgan fingerprint density at radius 1 is 1.27 bits per heavy atom. The molecule has 0 fully saturated rings. The summed E-state index contributed by atoms with van der Waals surface area (Å²) in [4.78, 5) is 28.3. The quantitative estimate of drug-likeness (QED) is 0.689. The Kier molecular flexibility index (Phi) is 5.37. The van der Waals surface area contributed by atoms with Crippen molar-refractivity contribution in [2.24, 2.45) is 0 Å². The standard InChI is InChI=1S/C17H15FN4O3S/c1-10(23)19-13-9-11(4-5-12(13)18)20-15(24)6-7-16-21-17(22-25-16)14-3-2-8-26-14/h2-5,8-9H,6-7H2,1H3,(H,19,23)(H,20,24). The number of nitrogens with zero attached hydrogens (tertiary/aromatic N) is 2. The van der Waals surface area contributed by atoms with Crippen LogP contribution in [-0.2, 0) is 16.0 Å². The fraction of sp³-hybridized carbons (Fsp3) is 0.176. The number of nitrogens with one attached hydrogen (secondary N) is 2. The molecule has 0 saturated heterocycles. The molecule has 9 heteroatoms. The Bertz CT molecular complexity index is 924. The van der Waals surface area contributed by atoms with Crippen LogP contribution in [0.15, 0.2) is 40.2 Å². The number of halogens is 1. The zero-order chi connectivity index (χ0) is 18.5. The van der Waals surface area contributed by atoms with Crippen molar-refractivity contribution in [1.29, 1.82) is 0 Å². The molecule has 2 amide bonds. The van der Waals surface area contributed by atoms with E-state index in [1.807, 2.05) is 17.5 Å². The number of carbonyl (C=O) groups is 2. The molecule has 2 N–H and O–H groups in total. The molecule has 3 aromatic rings. The van der Waals surface area contributed by atoms with Gasteiger partial charge < -0.3 is 15.2 Å². The molecule has 0 aliphatic carbocycles. The van der Waals surface area contributed by atoms with Crippen molar-refractivity contribution < 1.29 is 18.5 Å². The van der Waals surface area contributed by atoms with Gasteiger partial charge in [-0.25, -0.2) is 4.39 Å². The second kappa shape index (κ2) is 7.87. The van der Waals surface area contributed by atoms with Gasteiger partial charge in [-0.2, -0.15) is 4.98 Å². The second-order valence-electron chi connectivity index (χ2n) is 5.41. The van der Waals surface area contributed by atoms with Crippen molar-refractivity contribution in [3.63, 3.8) is 0 Å². The van der Waals surface area contributed by atoms with E-state index in [0.29, 0.717) is 17.4 Å². The van der Waals surface area contributed by atoms with Crippen LogP contribution in [0.4, 0.5) is 15.8 Å². The van der Waals surface area contributed by atoms with Crippen molar-refractivity contribution in [3.05, 3.63) is 47.4 Å². The van der Waals surface area contributed by atoms with Gasteiger partial charge in [-0.1, -0.05) is 11.2 Å². The van der Waals surface area contributed by atoms with Gasteiger partial charge in [0.15, 0.2) is 0 Å². The van der Waals surface area contributed by atoms with Crippen molar-refractivity contribution in [1.82, 2.24) is 10.1 Å². The van der Waals surface area contributed by atoms with Crippen LogP contribution in [0.5, 0.6) is 0 Å². The summed E-state index contributed by atoms with van der Waals surface area (Å²) in [6.45, 7) is 1.28. The predicted molar refractivity (Wildman–Crippen MR) is 95.3 cm³/mol. The number of benzene rings is 1. The average molecular weight is 374 g/mol. The first-order valence-electron chi connectivity index (χ1n) is 7.75. The Morgan fingerprint density at radius 2 is 2.12 bits per heavy atom. The normalized spacial score (nSPS) is 10.5. The maximum absolute atomic E-state index is 13.6. The van der Waals surface area contributed by atoms with E-state index in [1.54, 1.807) is 0 Å². The van der Waals surface area contributed by atoms with Gasteiger partial charge in [0.05, 0.1) is 10.6 Å². The first-order valence-corrected chi connectivity index (χ1v) is 8.62. The van der Waals surface area contributed by atoms with Gasteiger partial charge in [0, 0.05) is 25.5 Å². The smallest absolute Gasteiger partial charge is 0.227 e. The molecule has 7 nitrogen and oxygen atoms in total. The van der Waals surface area contributed by atoms with Gasteiger partial charge >= 0.3 is 0 Å². The van der Waals surface area contributed by atoms with E-state index in [1.165, 1.54) is 36.5 Å². The molecule has 0 unspecified atom stereocenters. The Morgan fingerprint density at radius 3 is 2.85 bits per heavy atom. The summed E-state index contributed by atoms with van der Waals surface area (Å²) in [6, 6.07) is 7.72. The number of aryl methyl sites for hydroxylation is 1. The number of hydrogen-bond donors (Lipinski definition) is 2. The minimum absolute atomic E-state index is 0.00721. The number of thiophene rings is 1. The van der Waals surface area contributed by atoms with Gasteiger partial charge in [-0.15, -0.1) is 11.3 Å². The van der Waals surface area contributed by atoms with Crippen LogP contribution >= 0.6 is 11.3 Å². The zero-order valence-electron chi connectivity index (χ0n) is 13.8. The van der Waals surface area contributed by atoms with E-state index in [-0.39, 0.29) is 24.4 Å². The second-order valence-corrected chi connectivity index (χ2v) is 6.36. The number of carbonyl (C=O) groups excluding carboxylic acids is 2. The summed E-state index contributed by atoms with van der Waals surface area (Å²) in [5.41, 5.74) is 0.387. The fourth-order valence-corrected chi connectivity index (χ4v) is 2.84. The third kappa shape index (κ3) is 4.51. The van der Waals surface area contributed by atoms with E-state index in [2.05, 4.69) is 20.8 Å². The lowest BCUT2D eigenvalue weighted by Gasteiger charge is -2.08. The van der Waals surface area contributed by atoms with Gasteiger partial charge in [-0.05, 0) is 29.6 Å². The van der Waals surface area contributed by atoms with Crippen molar-refractivity contribution >= 4 is 34.5 Å². The van der Waals surface area contributed by atoms with Gasteiger partial charge in [0.25, 0.3) is 0 Å². The molecule has 0 spiro atoms. The zero-order valence-corrected chi connectivity index (χ0v) is 14.6. The van der Waals surface area contributed by atoms with Crippen LogP contribution in [0.3, 0.4) is 0 Å². The lowest BCUT2D eigenvalue weighted by atomic mass is 10.2. The number of anilines is 2. The molecule has 134 valence electrons. The molecule has 0 bridgehead atoms. The van der Waals surface area contributed by atoms with Crippen LogP contribution in [-0.4, -0.2) is 22.0 Å². The number of amides is 2. The maximum Gasteiger partial charge on any atom is 0.227 e. The van der Waals surface area contributed by atoms with E-state index in [9.17, 15) is 14.0 Å². The number of aromatic nitrogens is 2. The monoisotopic (exact) mass is 374 g/mol. The maximum atomic E-state index is 13.6. The van der Waals surface area contributed by atoms with Gasteiger partial charge in [0.1, 0.15) is 5.82 Å². The third-order valence-electron chi connectivity index (χ3n) is 3.34. The summed E-state index contributed by atoms with van der Waals surface area (Å²) >= 11 is 1.50. The predicted octanol–water partition coefficient (Wildman–Crippen LogP) is 3.47. The molecule has 0 saturated carbocycles. The number of hydrogen-bond acceptors (Lipinski definition) is 6. The molecule has 2 aromatic heterocycles. The Hall–Kier alpha value is -3.07. The summed E-state index contributed by atoms with van der Waals surface area (Å²) in [5, 5.41) is 10.8. The molecule has 1 aromatic carbocycles. The van der Waals surface area contributed by atoms with E-state index in [4.69, 9.17) is 4.52 Å². The van der Waals surface area contributed by atoms with Crippen LogP contribution in [0.25, 0.3) is 10.7 Å². The lowest BCUT2D eigenvalue weighted by Crippen LogP contribution is -2.13. The van der Waals surface area contributed by atoms with E-state index < -0.39 is 11.7 Å². The van der Waals surface area contributed by atoms with Crippen molar-refractivity contribution in [2.75, 3.05) is 10.6 Å². The Balaban J connectivity index is 1.57. The largest absolute Gasteiger partial charge is 0.339 e. The molecular formula is C17H15FN4O3S. The Labute approximate surface area is 152 Å². The molecule has 3 rings (SSSR count). The molecule has 0 aliphatic heterocycles. The first-order chi connectivity index (χ1) is 12.5.